The molecule has 0 aromatic heterocycles. The number of hydrogen-bond acceptors (Lipinski definition) is 6. The van der Waals surface area contributed by atoms with E-state index in [-0.39, 0.29) is 37.4 Å². The largest absolute Gasteiger partial charge is 0.488 e. The maximum Gasteiger partial charge on any atom is 0.306 e. The zero-order valence-corrected chi connectivity index (χ0v) is 21.9. The van der Waals surface area contributed by atoms with E-state index < -0.39 is 0 Å². The van der Waals surface area contributed by atoms with E-state index in [2.05, 4.69) is 0 Å². The molecule has 3 aromatic rings. The van der Waals surface area contributed by atoms with Crippen LogP contribution in [0.1, 0.15) is 66.2 Å². The summed E-state index contributed by atoms with van der Waals surface area (Å²) < 4.78 is 23.9. The van der Waals surface area contributed by atoms with Gasteiger partial charge in [-0.05, 0) is 25.7 Å². The van der Waals surface area contributed by atoms with E-state index in [1.165, 1.54) is 0 Å². The van der Waals surface area contributed by atoms with Crippen LogP contribution in [0.4, 0.5) is 0 Å². The first kappa shape index (κ1) is 27.3. The summed E-state index contributed by atoms with van der Waals surface area (Å²) in [6.45, 7) is 8.42. The summed E-state index contributed by atoms with van der Waals surface area (Å²) in [6.07, 6.45) is 3.01. The molecule has 0 bridgehead atoms. The van der Waals surface area contributed by atoms with Crippen LogP contribution in [0.5, 0.6) is 11.5 Å². The molecule has 0 saturated heterocycles. The Morgan fingerprint density at radius 3 is 1.22 bits per heavy atom. The molecular formula is C30H38O6. The van der Waals surface area contributed by atoms with Crippen LogP contribution in [0.15, 0.2) is 48.5 Å². The van der Waals surface area contributed by atoms with Gasteiger partial charge in [-0.2, -0.15) is 0 Å². The highest BCUT2D eigenvalue weighted by Gasteiger charge is 2.20. The number of carbonyl (C=O) groups excluding carboxylic acids is 2. The van der Waals surface area contributed by atoms with Crippen LogP contribution in [0.25, 0.3) is 21.5 Å². The zero-order chi connectivity index (χ0) is 25.9. The van der Waals surface area contributed by atoms with Gasteiger partial charge in [-0.3, -0.25) is 9.59 Å². The highest BCUT2D eigenvalue weighted by atomic mass is 16.6. The summed E-state index contributed by atoms with van der Waals surface area (Å²) in [6, 6.07) is 15.9. The van der Waals surface area contributed by atoms with E-state index in [9.17, 15) is 9.59 Å². The number of esters is 2. The molecule has 0 radical (unpaired) electrons. The van der Waals surface area contributed by atoms with Gasteiger partial charge in [0.25, 0.3) is 0 Å². The molecule has 2 unspecified atom stereocenters. The highest BCUT2D eigenvalue weighted by Crippen LogP contribution is 2.42. The van der Waals surface area contributed by atoms with Gasteiger partial charge in [-0.1, -0.05) is 76.2 Å². The smallest absolute Gasteiger partial charge is 0.306 e. The van der Waals surface area contributed by atoms with Crippen LogP contribution in [0.2, 0.25) is 0 Å². The Morgan fingerprint density at radius 1 is 0.611 bits per heavy atom. The lowest BCUT2D eigenvalue weighted by Gasteiger charge is -2.22. The molecule has 6 heteroatoms. The average molecular weight is 495 g/mol. The van der Waals surface area contributed by atoms with Crippen LogP contribution in [-0.2, 0) is 19.1 Å². The normalized spacial score (nSPS) is 12.8. The molecule has 0 fully saturated rings. The van der Waals surface area contributed by atoms with E-state index in [1.807, 2.05) is 76.2 Å². The lowest BCUT2D eigenvalue weighted by atomic mass is 10.0. The monoisotopic (exact) mass is 494 g/mol. The number of benzene rings is 3. The predicted molar refractivity (Wildman–Crippen MR) is 143 cm³/mol. The molecular weight excluding hydrogens is 456 g/mol. The van der Waals surface area contributed by atoms with Gasteiger partial charge in [0.1, 0.15) is 36.9 Å². The Kier molecular flexibility index (Phi) is 10.4. The average Bonchev–Trinajstić information content (AvgIpc) is 2.89. The Hall–Kier alpha value is -3.28. The van der Waals surface area contributed by atoms with Crippen molar-refractivity contribution >= 4 is 33.5 Å². The van der Waals surface area contributed by atoms with Gasteiger partial charge in [0.05, 0.1) is 0 Å². The van der Waals surface area contributed by atoms with E-state index in [4.69, 9.17) is 18.9 Å². The van der Waals surface area contributed by atoms with E-state index in [1.54, 1.807) is 0 Å². The third kappa shape index (κ3) is 6.90. The number of carbonyl (C=O) groups is 2. The van der Waals surface area contributed by atoms with Gasteiger partial charge >= 0.3 is 11.9 Å². The molecule has 0 heterocycles. The lowest BCUT2D eigenvalue weighted by molar-refractivity contribution is -0.151. The summed E-state index contributed by atoms with van der Waals surface area (Å²) in [4.78, 5) is 24.0. The molecule has 3 aromatic carbocycles. The van der Waals surface area contributed by atoms with Gasteiger partial charge in [0, 0.05) is 34.4 Å². The van der Waals surface area contributed by atoms with Gasteiger partial charge in [0.15, 0.2) is 0 Å². The molecule has 3 rings (SSSR count). The third-order valence-electron chi connectivity index (χ3n) is 6.07. The van der Waals surface area contributed by atoms with Crippen LogP contribution in [-0.4, -0.2) is 37.4 Å². The Bertz CT molecular complexity index is 1010. The van der Waals surface area contributed by atoms with E-state index >= 15 is 0 Å². The van der Waals surface area contributed by atoms with E-state index in [0.717, 1.165) is 45.9 Å². The van der Waals surface area contributed by atoms with Crippen molar-refractivity contribution in [3.8, 4) is 11.5 Å². The molecule has 194 valence electrons. The van der Waals surface area contributed by atoms with Crippen LogP contribution >= 0.6 is 0 Å². The van der Waals surface area contributed by atoms with Crippen molar-refractivity contribution in [2.75, 3.05) is 13.2 Å². The fourth-order valence-corrected chi connectivity index (χ4v) is 4.08. The fraction of sp³-hybridized carbons (Fsp3) is 0.467. The Balaban J connectivity index is 1.92. The second-order valence-corrected chi connectivity index (χ2v) is 8.91. The third-order valence-corrected chi connectivity index (χ3v) is 6.07. The van der Waals surface area contributed by atoms with Crippen molar-refractivity contribution in [3.63, 3.8) is 0 Å². The number of rotatable bonds is 14. The predicted octanol–water partition coefficient (Wildman–Crippen LogP) is 6.99. The van der Waals surface area contributed by atoms with Crippen LogP contribution in [0, 0.1) is 0 Å². The van der Waals surface area contributed by atoms with Gasteiger partial charge < -0.3 is 18.9 Å². The minimum atomic E-state index is -0.319. The molecule has 0 aliphatic carbocycles. The molecule has 0 spiro atoms. The molecule has 0 amide bonds. The molecule has 36 heavy (non-hydrogen) atoms. The number of fused-ring (bicyclic) bond motifs is 2. The van der Waals surface area contributed by atoms with Crippen molar-refractivity contribution < 1.29 is 28.5 Å². The second kappa shape index (κ2) is 13.7. The standard InChI is InChI=1S/C30H38O6/c1-5-13-27(31)35-21(7-3)19-33-29-23-15-9-11-17-25(23)30(26-18-12-10-16-24(26)29)34-20-22(8-4)36-28(32)14-6-2/h9-12,15-18,21-22H,5-8,13-14,19-20H2,1-4H3. The van der Waals surface area contributed by atoms with Crippen molar-refractivity contribution in [2.24, 2.45) is 0 Å². The summed E-state index contributed by atoms with van der Waals surface area (Å²) >= 11 is 0. The second-order valence-electron chi connectivity index (χ2n) is 8.91. The molecule has 2 atom stereocenters. The Labute approximate surface area is 213 Å². The number of ether oxygens (including phenoxy) is 4. The first-order valence-electron chi connectivity index (χ1n) is 13.1. The van der Waals surface area contributed by atoms with Crippen LogP contribution in [0.3, 0.4) is 0 Å². The van der Waals surface area contributed by atoms with Gasteiger partial charge in [-0.25, -0.2) is 0 Å². The van der Waals surface area contributed by atoms with Crippen molar-refractivity contribution in [2.45, 2.75) is 78.4 Å². The van der Waals surface area contributed by atoms with Gasteiger partial charge in [0.2, 0.25) is 0 Å². The summed E-state index contributed by atoms with van der Waals surface area (Å²) in [5.74, 6) is 1.08. The first-order chi connectivity index (χ1) is 17.5. The highest BCUT2D eigenvalue weighted by molar-refractivity contribution is 6.11. The van der Waals surface area contributed by atoms with Crippen molar-refractivity contribution in [1.82, 2.24) is 0 Å². The molecule has 0 saturated carbocycles. The maximum atomic E-state index is 12.0. The minimum absolute atomic E-state index is 0.198. The maximum absolute atomic E-state index is 12.0. The van der Waals surface area contributed by atoms with Gasteiger partial charge in [-0.15, -0.1) is 0 Å². The van der Waals surface area contributed by atoms with E-state index in [0.29, 0.717) is 25.7 Å². The lowest BCUT2D eigenvalue weighted by Crippen LogP contribution is -2.25. The molecule has 0 N–H and O–H groups in total. The molecule has 6 nitrogen and oxygen atoms in total. The quantitative estimate of drug-likeness (QED) is 0.178. The fourth-order valence-electron chi connectivity index (χ4n) is 4.08. The number of hydrogen-bond donors (Lipinski definition) is 0. The summed E-state index contributed by atoms with van der Waals surface area (Å²) in [5, 5.41) is 3.66. The first-order valence-corrected chi connectivity index (χ1v) is 13.1. The Morgan fingerprint density at radius 2 is 0.944 bits per heavy atom. The topological polar surface area (TPSA) is 71.1 Å². The summed E-state index contributed by atoms with van der Waals surface area (Å²) in [7, 11) is 0. The molecule has 0 aliphatic rings. The molecule has 0 aliphatic heterocycles. The SMILES string of the molecule is CCCC(=O)OC(CC)COc1c2ccccc2c(OCC(CC)OC(=O)CCC)c2ccccc12. The minimum Gasteiger partial charge on any atom is -0.488 e. The zero-order valence-electron chi connectivity index (χ0n) is 21.9. The summed E-state index contributed by atoms with van der Waals surface area (Å²) in [5.41, 5.74) is 0. The van der Waals surface area contributed by atoms with Crippen LogP contribution < -0.4 is 9.47 Å². The van der Waals surface area contributed by atoms with Crippen molar-refractivity contribution in [1.29, 1.82) is 0 Å². The van der Waals surface area contributed by atoms with Crippen molar-refractivity contribution in [3.05, 3.63) is 48.5 Å².